The van der Waals surface area contributed by atoms with E-state index in [1.165, 1.54) is 0 Å². The van der Waals surface area contributed by atoms with Gasteiger partial charge in [0.15, 0.2) is 0 Å². The molecule has 0 spiro atoms. The van der Waals surface area contributed by atoms with E-state index in [2.05, 4.69) is 34.4 Å². The number of halogens is 1. The second-order valence-corrected chi connectivity index (χ2v) is 6.33. The van der Waals surface area contributed by atoms with Gasteiger partial charge in [0.2, 0.25) is 5.95 Å². The van der Waals surface area contributed by atoms with Gasteiger partial charge in [0, 0.05) is 29.4 Å². The Balaban J connectivity index is 2.27. The molecule has 0 aliphatic heterocycles. The van der Waals surface area contributed by atoms with Gasteiger partial charge in [-0.25, -0.2) is 4.98 Å². The maximum atomic E-state index is 6.14. The molecule has 0 atom stereocenters. The summed E-state index contributed by atoms with van der Waals surface area (Å²) in [5, 5.41) is 7.19. The number of anilines is 3. The van der Waals surface area contributed by atoms with Crippen LogP contribution in [0.15, 0.2) is 18.2 Å². The summed E-state index contributed by atoms with van der Waals surface area (Å²) >= 11 is 6.14. The van der Waals surface area contributed by atoms with Crippen LogP contribution in [0.25, 0.3) is 0 Å². The third-order valence-electron chi connectivity index (χ3n) is 3.27. The van der Waals surface area contributed by atoms with Crippen LogP contribution < -0.4 is 15.4 Å². The van der Waals surface area contributed by atoms with Gasteiger partial charge < -0.3 is 15.4 Å². The lowest BCUT2D eigenvalue weighted by Crippen LogP contribution is -2.11. The van der Waals surface area contributed by atoms with Crippen molar-refractivity contribution in [2.45, 2.75) is 27.7 Å². The SMILES string of the molecule is COc1cc(Cl)c(C)cc1Nc1nc(C)cc(NCC(C)C)n1. The van der Waals surface area contributed by atoms with Crippen LogP contribution in [0.5, 0.6) is 5.75 Å². The van der Waals surface area contributed by atoms with Gasteiger partial charge in [-0.15, -0.1) is 0 Å². The summed E-state index contributed by atoms with van der Waals surface area (Å²) in [6.07, 6.45) is 0. The first-order valence-corrected chi connectivity index (χ1v) is 7.97. The number of hydrogen-bond acceptors (Lipinski definition) is 5. The fourth-order valence-corrected chi connectivity index (χ4v) is 2.23. The summed E-state index contributed by atoms with van der Waals surface area (Å²) in [5.41, 5.74) is 2.63. The lowest BCUT2D eigenvalue weighted by Gasteiger charge is -2.14. The van der Waals surface area contributed by atoms with E-state index >= 15 is 0 Å². The van der Waals surface area contributed by atoms with Crippen molar-refractivity contribution in [3.63, 3.8) is 0 Å². The molecule has 2 N–H and O–H groups in total. The van der Waals surface area contributed by atoms with Crippen molar-refractivity contribution in [3.8, 4) is 5.75 Å². The molecular weight excluding hydrogens is 312 g/mol. The van der Waals surface area contributed by atoms with Crippen molar-refractivity contribution < 1.29 is 4.74 Å². The molecular formula is C17H23ClN4O. The summed E-state index contributed by atoms with van der Waals surface area (Å²) in [6, 6.07) is 5.64. The van der Waals surface area contributed by atoms with Crippen LogP contribution in [0.3, 0.4) is 0 Å². The third kappa shape index (κ3) is 4.73. The van der Waals surface area contributed by atoms with E-state index in [1.54, 1.807) is 13.2 Å². The highest BCUT2D eigenvalue weighted by atomic mass is 35.5. The first kappa shape index (κ1) is 17.3. The minimum atomic E-state index is 0.524. The fourth-order valence-electron chi connectivity index (χ4n) is 2.07. The number of rotatable bonds is 6. The zero-order chi connectivity index (χ0) is 17.0. The number of benzene rings is 1. The molecule has 23 heavy (non-hydrogen) atoms. The van der Waals surface area contributed by atoms with Crippen LogP contribution in [0.4, 0.5) is 17.5 Å². The predicted octanol–water partition coefficient (Wildman–Crippen LogP) is 4.57. The highest BCUT2D eigenvalue weighted by Gasteiger charge is 2.10. The number of nitrogens with zero attached hydrogens (tertiary/aromatic N) is 2. The lowest BCUT2D eigenvalue weighted by atomic mass is 10.2. The summed E-state index contributed by atoms with van der Waals surface area (Å²) in [6.45, 7) is 9.06. The summed E-state index contributed by atoms with van der Waals surface area (Å²) in [7, 11) is 1.61. The van der Waals surface area contributed by atoms with Gasteiger partial charge in [-0.05, 0) is 31.4 Å². The molecule has 6 heteroatoms. The van der Waals surface area contributed by atoms with Crippen molar-refractivity contribution in [1.82, 2.24) is 9.97 Å². The van der Waals surface area contributed by atoms with Crippen molar-refractivity contribution in [3.05, 3.63) is 34.5 Å². The summed E-state index contributed by atoms with van der Waals surface area (Å²) < 4.78 is 5.37. The molecule has 124 valence electrons. The quantitative estimate of drug-likeness (QED) is 0.810. The van der Waals surface area contributed by atoms with E-state index < -0.39 is 0 Å². The van der Waals surface area contributed by atoms with Gasteiger partial charge in [-0.1, -0.05) is 25.4 Å². The van der Waals surface area contributed by atoms with Gasteiger partial charge in [0.25, 0.3) is 0 Å². The Labute approximate surface area is 142 Å². The molecule has 5 nitrogen and oxygen atoms in total. The topological polar surface area (TPSA) is 59.1 Å². The van der Waals surface area contributed by atoms with Crippen molar-refractivity contribution in [2.24, 2.45) is 5.92 Å². The van der Waals surface area contributed by atoms with Gasteiger partial charge >= 0.3 is 0 Å². The molecule has 1 heterocycles. The maximum Gasteiger partial charge on any atom is 0.229 e. The Morgan fingerprint density at radius 2 is 1.91 bits per heavy atom. The second kappa shape index (κ2) is 7.51. The van der Waals surface area contributed by atoms with Crippen LogP contribution in [0.2, 0.25) is 5.02 Å². The van der Waals surface area contributed by atoms with E-state index in [1.807, 2.05) is 26.0 Å². The summed E-state index contributed by atoms with van der Waals surface area (Å²) in [5.74, 6) is 2.53. The minimum Gasteiger partial charge on any atom is -0.495 e. The third-order valence-corrected chi connectivity index (χ3v) is 3.68. The maximum absolute atomic E-state index is 6.14. The number of aromatic nitrogens is 2. The molecule has 1 aromatic heterocycles. The first-order valence-electron chi connectivity index (χ1n) is 7.59. The van der Waals surface area contributed by atoms with E-state index in [4.69, 9.17) is 16.3 Å². The largest absolute Gasteiger partial charge is 0.495 e. The number of ether oxygens (including phenoxy) is 1. The molecule has 0 saturated heterocycles. The monoisotopic (exact) mass is 334 g/mol. The molecule has 0 radical (unpaired) electrons. The van der Waals surface area contributed by atoms with Crippen LogP contribution in [0.1, 0.15) is 25.1 Å². The Hall–Kier alpha value is -2.01. The van der Waals surface area contributed by atoms with E-state index in [0.717, 1.165) is 29.3 Å². The molecule has 0 aliphatic rings. The zero-order valence-electron chi connectivity index (χ0n) is 14.2. The molecule has 2 aromatic rings. The van der Waals surface area contributed by atoms with E-state index in [-0.39, 0.29) is 0 Å². The van der Waals surface area contributed by atoms with E-state index in [0.29, 0.717) is 22.6 Å². The number of methoxy groups -OCH3 is 1. The highest BCUT2D eigenvalue weighted by Crippen LogP contribution is 2.32. The molecule has 0 fully saturated rings. The Bertz CT molecular complexity index is 689. The van der Waals surface area contributed by atoms with Crippen LogP contribution in [-0.2, 0) is 0 Å². The standard InChI is InChI=1S/C17H23ClN4O/c1-10(2)9-19-16-7-12(4)20-17(22-16)21-14-6-11(3)13(18)8-15(14)23-5/h6-8,10H,9H2,1-5H3,(H2,19,20,21,22). The van der Waals surface area contributed by atoms with E-state index in [9.17, 15) is 0 Å². The molecule has 0 bridgehead atoms. The molecule has 2 rings (SSSR count). The zero-order valence-corrected chi connectivity index (χ0v) is 15.0. The molecule has 0 saturated carbocycles. The fraction of sp³-hybridized carbons (Fsp3) is 0.412. The minimum absolute atomic E-state index is 0.524. The van der Waals surface area contributed by atoms with Crippen LogP contribution >= 0.6 is 11.6 Å². The molecule has 1 aromatic carbocycles. The normalized spacial score (nSPS) is 10.7. The smallest absolute Gasteiger partial charge is 0.229 e. The first-order chi connectivity index (χ1) is 10.9. The molecule has 0 aliphatic carbocycles. The predicted molar refractivity (Wildman–Crippen MR) is 96.1 cm³/mol. The van der Waals surface area contributed by atoms with Gasteiger partial charge in [-0.2, -0.15) is 4.98 Å². The Morgan fingerprint density at radius 3 is 2.57 bits per heavy atom. The molecule has 0 unspecified atom stereocenters. The average molecular weight is 335 g/mol. The number of nitrogens with one attached hydrogen (secondary N) is 2. The highest BCUT2D eigenvalue weighted by molar-refractivity contribution is 6.31. The Kier molecular flexibility index (Phi) is 5.66. The summed E-state index contributed by atoms with van der Waals surface area (Å²) in [4.78, 5) is 8.94. The van der Waals surface area contributed by atoms with Crippen molar-refractivity contribution in [2.75, 3.05) is 24.3 Å². The van der Waals surface area contributed by atoms with Gasteiger partial charge in [0.05, 0.1) is 12.8 Å². The van der Waals surface area contributed by atoms with Crippen LogP contribution in [-0.4, -0.2) is 23.6 Å². The van der Waals surface area contributed by atoms with Crippen molar-refractivity contribution in [1.29, 1.82) is 0 Å². The Morgan fingerprint density at radius 1 is 1.17 bits per heavy atom. The second-order valence-electron chi connectivity index (χ2n) is 5.92. The molecule has 0 amide bonds. The van der Waals surface area contributed by atoms with Crippen LogP contribution in [0, 0.1) is 19.8 Å². The number of hydrogen-bond donors (Lipinski definition) is 2. The van der Waals surface area contributed by atoms with Gasteiger partial charge in [-0.3, -0.25) is 0 Å². The number of aryl methyl sites for hydroxylation is 2. The lowest BCUT2D eigenvalue weighted by molar-refractivity contribution is 0.416. The van der Waals surface area contributed by atoms with Crippen molar-refractivity contribution >= 4 is 29.1 Å². The van der Waals surface area contributed by atoms with Gasteiger partial charge in [0.1, 0.15) is 11.6 Å². The average Bonchev–Trinajstić information content (AvgIpc) is 2.48.